The van der Waals surface area contributed by atoms with Crippen LogP contribution in [0.4, 0.5) is 30.4 Å². The number of nitrogens with zero attached hydrogens (tertiary/aromatic N) is 5. The highest BCUT2D eigenvalue weighted by Gasteiger charge is 2.32. The van der Waals surface area contributed by atoms with Crippen molar-refractivity contribution in [3.63, 3.8) is 0 Å². The standard InChI is InChI=1S/C33H38F3N5O2.ClH/c1-4-40(19-22-8-10-24(11-9-22)32(42)43)30-17-26-7-5-6-25(26)16-27(30)21-41(31-12-13-39(3)38-31)20-23-14-28(33(34,35)36)18-29(15-23)37-2;/h12-18,22,24H,4-11,19-21H2,1,3H3,(H,42,43);1H. The Bertz CT molecular complexity index is 1510. The predicted molar refractivity (Wildman–Crippen MR) is 167 cm³/mol. The lowest BCUT2D eigenvalue weighted by Gasteiger charge is -2.34. The maximum Gasteiger partial charge on any atom is 0.415 e. The number of alkyl halides is 3. The summed E-state index contributed by atoms with van der Waals surface area (Å²) in [7, 11) is 1.81. The van der Waals surface area contributed by atoms with Crippen LogP contribution >= 0.6 is 12.4 Å². The van der Waals surface area contributed by atoms with Crippen LogP contribution in [0.2, 0.25) is 0 Å². The van der Waals surface area contributed by atoms with Gasteiger partial charge in [0.1, 0.15) is 0 Å². The molecule has 2 aliphatic rings. The van der Waals surface area contributed by atoms with Crippen molar-refractivity contribution in [2.24, 2.45) is 18.9 Å². The zero-order valence-electron chi connectivity index (χ0n) is 25.1. The third kappa shape index (κ3) is 7.68. The average molecular weight is 630 g/mol. The van der Waals surface area contributed by atoms with E-state index in [0.717, 1.165) is 68.6 Å². The van der Waals surface area contributed by atoms with Crippen LogP contribution in [-0.4, -0.2) is 33.9 Å². The Morgan fingerprint density at radius 2 is 1.77 bits per heavy atom. The van der Waals surface area contributed by atoms with Crippen molar-refractivity contribution in [2.75, 3.05) is 22.9 Å². The molecule has 2 aromatic carbocycles. The molecule has 44 heavy (non-hydrogen) atoms. The molecule has 5 rings (SSSR count). The van der Waals surface area contributed by atoms with Crippen molar-refractivity contribution < 1.29 is 23.1 Å². The second-order valence-electron chi connectivity index (χ2n) is 11.9. The SMILES string of the molecule is Cl.[C-]#[N+]c1cc(CN(Cc2cc3c(cc2N(CC)CC2CCC(C(=O)O)CC2)CCC3)c2ccn(C)n2)cc(C(F)(F)F)c1. The second kappa shape index (κ2) is 13.9. The first-order chi connectivity index (χ1) is 20.5. The summed E-state index contributed by atoms with van der Waals surface area (Å²) in [6.45, 7) is 11.7. The van der Waals surface area contributed by atoms with Gasteiger partial charge in [0.05, 0.1) is 12.5 Å². The molecule has 0 bridgehead atoms. The largest absolute Gasteiger partial charge is 0.481 e. The van der Waals surface area contributed by atoms with Crippen LogP contribution in [0.25, 0.3) is 4.85 Å². The summed E-state index contributed by atoms with van der Waals surface area (Å²) in [4.78, 5) is 19.1. The maximum atomic E-state index is 13.7. The molecule has 0 unspecified atom stereocenters. The quantitative estimate of drug-likeness (QED) is 0.232. The smallest absolute Gasteiger partial charge is 0.415 e. The number of fused-ring (bicyclic) bond motifs is 1. The van der Waals surface area contributed by atoms with Crippen LogP contribution in [-0.2, 0) is 43.9 Å². The highest BCUT2D eigenvalue weighted by molar-refractivity contribution is 5.85. The Morgan fingerprint density at radius 1 is 1.07 bits per heavy atom. The molecule has 236 valence electrons. The number of halogens is 4. The molecule has 0 radical (unpaired) electrons. The van der Waals surface area contributed by atoms with Gasteiger partial charge in [0.15, 0.2) is 11.5 Å². The third-order valence-corrected chi connectivity index (χ3v) is 8.88. The Labute approximate surface area is 262 Å². The number of carbonyl (C=O) groups is 1. The van der Waals surface area contributed by atoms with Gasteiger partial charge in [0.25, 0.3) is 0 Å². The predicted octanol–water partition coefficient (Wildman–Crippen LogP) is 7.82. The molecule has 1 aromatic heterocycles. The molecule has 3 aromatic rings. The van der Waals surface area contributed by atoms with E-state index in [4.69, 9.17) is 6.57 Å². The molecule has 7 nitrogen and oxygen atoms in total. The zero-order valence-corrected chi connectivity index (χ0v) is 25.9. The van der Waals surface area contributed by atoms with E-state index in [1.807, 2.05) is 24.2 Å². The molecule has 1 heterocycles. The van der Waals surface area contributed by atoms with Crippen molar-refractivity contribution in [1.82, 2.24) is 9.78 Å². The monoisotopic (exact) mass is 629 g/mol. The summed E-state index contributed by atoms with van der Waals surface area (Å²) >= 11 is 0. The maximum absolute atomic E-state index is 13.7. The van der Waals surface area contributed by atoms with E-state index in [1.54, 1.807) is 4.68 Å². The first-order valence-electron chi connectivity index (χ1n) is 15.0. The lowest BCUT2D eigenvalue weighted by molar-refractivity contribution is -0.143. The van der Waals surface area contributed by atoms with E-state index in [0.29, 0.717) is 36.7 Å². The molecule has 0 amide bonds. The van der Waals surface area contributed by atoms with Crippen LogP contribution in [0.3, 0.4) is 0 Å². The molecular weight excluding hydrogens is 591 g/mol. The summed E-state index contributed by atoms with van der Waals surface area (Å²) in [5.41, 5.74) is 4.39. The Hall–Kier alpha value is -3.71. The van der Waals surface area contributed by atoms with Crippen LogP contribution in [0.5, 0.6) is 0 Å². The van der Waals surface area contributed by atoms with Gasteiger partial charge in [-0.05, 0) is 98.2 Å². The van der Waals surface area contributed by atoms with Gasteiger partial charge >= 0.3 is 12.1 Å². The number of aliphatic carboxylic acids is 1. The van der Waals surface area contributed by atoms with Gasteiger partial charge in [-0.1, -0.05) is 12.1 Å². The Kier molecular flexibility index (Phi) is 10.5. The third-order valence-electron chi connectivity index (χ3n) is 8.88. The minimum absolute atomic E-state index is 0. The van der Waals surface area contributed by atoms with Gasteiger partial charge in [0, 0.05) is 56.7 Å². The number of benzene rings is 2. The molecule has 2 aliphatic carbocycles. The van der Waals surface area contributed by atoms with Crippen molar-refractivity contribution in [3.8, 4) is 0 Å². The van der Waals surface area contributed by atoms with Gasteiger partial charge in [-0.15, -0.1) is 12.4 Å². The molecule has 0 atom stereocenters. The molecule has 0 aliphatic heterocycles. The summed E-state index contributed by atoms with van der Waals surface area (Å²) in [5.74, 6) is 0.0881. The number of carboxylic acid groups (broad SMARTS) is 1. The van der Waals surface area contributed by atoms with Crippen molar-refractivity contribution in [1.29, 1.82) is 0 Å². The van der Waals surface area contributed by atoms with Crippen molar-refractivity contribution in [3.05, 3.63) is 81.8 Å². The van der Waals surface area contributed by atoms with Crippen molar-refractivity contribution in [2.45, 2.75) is 71.1 Å². The van der Waals surface area contributed by atoms with E-state index in [-0.39, 0.29) is 30.6 Å². The number of hydrogen-bond acceptors (Lipinski definition) is 4. The number of hydrogen-bond donors (Lipinski definition) is 1. The Morgan fingerprint density at radius 3 is 2.36 bits per heavy atom. The fourth-order valence-corrected chi connectivity index (χ4v) is 6.59. The van der Waals surface area contributed by atoms with Crippen molar-refractivity contribution >= 4 is 35.6 Å². The number of rotatable bonds is 10. The van der Waals surface area contributed by atoms with E-state index in [2.05, 4.69) is 33.9 Å². The average Bonchev–Trinajstić information content (AvgIpc) is 3.63. The minimum atomic E-state index is -4.55. The number of aryl methyl sites for hydroxylation is 3. The normalized spacial score (nSPS) is 17.8. The fourth-order valence-electron chi connectivity index (χ4n) is 6.59. The van der Waals surface area contributed by atoms with E-state index >= 15 is 0 Å². The molecule has 1 saturated carbocycles. The highest BCUT2D eigenvalue weighted by atomic mass is 35.5. The molecular formula is C33H39ClF3N5O2. The first kappa shape index (κ1) is 33.2. The second-order valence-corrected chi connectivity index (χ2v) is 11.9. The van der Waals surface area contributed by atoms with Gasteiger partial charge in [-0.3, -0.25) is 9.48 Å². The van der Waals surface area contributed by atoms with E-state index < -0.39 is 17.7 Å². The summed E-state index contributed by atoms with van der Waals surface area (Å²) in [5, 5.41) is 14.0. The lowest BCUT2D eigenvalue weighted by Crippen LogP contribution is -2.34. The van der Waals surface area contributed by atoms with Crippen LogP contribution in [0.1, 0.15) is 66.8 Å². The van der Waals surface area contributed by atoms with Gasteiger partial charge in [0.2, 0.25) is 0 Å². The topological polar surface area (TPSA) is 66.0 Å². The highest BCUT2D eigenvalue weighted by Crippen LogP contribution is 2.37. The van der Waals surface area contributed by atoms with Gasteiger partial charge in [-0.25, -0.2) is 4.85 Å². The number of carboxylic acids is 1. The van der Waals surface area contributed by atoms with E-state index in [9.17, 15) is 23.1 Å². The molecule has 1 N–H and O–H groups in total. The number of anilines is 2. The van der Waals surface area contributed by atoms with Crippen LogP contribution in [0, 0.1) is 18.4 Å². The van der Waals surface area contributed by atoms with Crippen LogP contribution < -0.4 is 9.80 Å². The summed E-state index contributed by atoms with van der Waals surface area (Å²) < 4.78 is 42.7. The molecule has 0 spiro atoms. The van der Waals surface area contributed by atoms with Crippen LogP contribution in [0.15, 0.2) is 42.6 Å². The fraction of sp³-hybridized carbons (Fsp3) is 0.485. The molecule has 0 saturated heterocycles. The summed E-state index contributed by atoms with van der Waals surface area (Å²) in [6.07, 6.45) is 3.54. The van der Waals surface area contributed by atoms with Gasteiger partial charge < -0.3 is 14.9 Å². The lowest BCUT2D eigenvalue weighted by atomic mass is 9.81. The van der Waals surface area contributed by atoms with E-state index in [1.165, 1.54) is 17.2 Å². The minimum Gasteiger partial charge on any atom is -0.481 e. The molecule has 1 fully saturated rings. The summed E-state index contributed by atoms with van der Waals surface area (Å²) in [6, 6.07) is 9.95. The first-order valence-corrected chi connectivity index (χ1v) is 15.0. The Balaban J connectivity index is 0.00000442. The zero-order chi connectivity index (χ0) is 30.7. The molecule has 11 heteroatoms. The number of aromatic nitrogens is 2. The van der Waals surface area contributed by atoms with Gasteiger partial charge in [-0.2, -0.15) is 18.3 Å².